The van der Waals surface area contributed by atoms with E-state index < -0.39 is 0 Å². The summed E-state index contributed by atoms with van der Waals surface area (Å²) in [5.74, 6) is 0.520. The minimum atomic E-state index is -0.00906. The number of pyridine rings is 1. The Kier molecular flexibility index (Phi) is 4.82. The topological polar surface area (TPSA) is 54.0 Å². The SMILES string of the molecule is O=C(NCCCNc1ccccc1)c1cc(C2CC2)nc2ccccc12. The Labute approximate surface area is 153 Å². The zero-order chi connectivity index (χ0) is 17.8. The first-order valence-electron chi connectivity index (χ1n) is 9.28. The minimum Gasteiger partial charge on any atom is -0.385 e. The number of carbonyl (C=O) groups excluding carboxylic acids is 1. The number of hydrogen-bond donors (Lipinski definition) is 2. The number of nitrogens with zero attached hydrogens (tertiary/aromatic N) is 1. The molecule has 0 aliphatic heterocycles. The van der Waals surface area contributed by atoms with Crippen molar-refractivity contribution in [2.45, 2.75) is 25.2 Å². The number of amides is 1. The van der Waals surface area contributed by atoms with Gasteiger partial charge in [0.05, 0.1) is 11.1 Å². The minimum absolute atomic E-state index is 0.00906. The van der Waals surface area contributed by atoms with Gasteiger partial charge in [-0.2, -0.15) is 0 Å². The van der Waals surface area contributed by atoms with Crippen LogP contribution in [0.4, 0.5) is 5.69 Å². The molecule has 0 unspecified atom stereocenters. The number of nitrogens with one attached hydrogen (secondary N) is 2. The molecule has 26 heavy (non-hydrogen) atoms. The van der Waals surface area contributed by atoms with Crippen molar-refractivity contribution in [3.63, 3.8) is 0 Å². The summed E-state index contributed by atoms with van der Waals surface area (Å²) in [6.07, 6.45) is 3.23. The summed E-state index contributed by atoms with van der Waals surface area (Å²) < 4.78 is 0. The maximum atomic E-state index is 12.7. The molecule has 1 saturated carbocycles. The van der Waals surface area contributed by atoms with Crippen LogP contribution in [0.2, 0.25) is 0 Å². The predicted molar refractivity (Wildman–Crippen MR) is 106 cm³/mol. The van der Waals surface area contributed by atoms with Crippen LogP contribution in [0.3, 0.4) is 0 Å². The van der Waals surface area contributed by atoms with Gasteiger partial charge in [-0.15, -0.1) is 0 Å². The van der Waals surface area contributed by atoms with Gasteiger partial charge in [-0.05, 0) is 43.5 Å². The van der Waals surface area contributed by atoms with Crippen LogP contribution in [0.5, 0.6) is 0 Å². The largest absolute Gasteiger partial charge is 0.385 e. The summed E-state index contributed by atoms with van der Waals surface area (Å²) in [4.78, 5) is 17.5. The van der Waals surface area contributed by atoms with Gasteiger partial charge in [0.2, 0.25) is 0 Å². The second kappa shape index (κ2) is 7.56. The Hall–Kier alpha value is -2.88. The lowest BCUT2D eigenvalue weighted by molar-refractivity contribution is 0.0955. The van der Waals surface area contributed by atoms with Crippen molar-refractivity contribution in [3.8, 4) is 0 Å². The fourth-order valence-corrected chi connectivity index (χ4v) is 3.15. The van der Waals surface area contributed by atoms with E-state index in [1.54, 1.807) is 0 Å². The molecule has 0 spiro atoms. The molecule has 0 saturated heterocycles. The first-order valence-corrected chi connectivity index (χ1v) is 9.28. The lowest BCUT2D eigenvalue weighted by Crippen LogP contribution is -2.26. The van der Waals surface area contributed by atoms with Gasteiger partial charge in [-0.3, -0.25) is 9.78 Å². The molecule has 0 radical (unpaired) electrons. The molecule has 2 aromatic carbocycles. The molecule has 1 aromatic heterocycles. The van der Waals surface area contributed by atoms with Crippen LogP contribution in [0.15, 0.2) is 60.7 Å². The fourth-order valence-electron chi connectivity index (χ4n) is 3.15. The molecule has 4 rings (SSSR count). The number of fused-ring (bicyclic) bond motifs is 1. The Morgan fingerprint density at radius 2 is 1.77 bits per heavy atom. The first-order chi connectivity index (χ1) is 12.8. The van der Waals surface area contributed by atoms with Crippen molar-refractivity contribution in [2.24, 2.45) is 0 Å². The molecule has 4 nitrogen and oxygen atoms in total. The van der Waals surface area contributed by atoms with Gasteiger partial charge < -0.3 is 10.6 Å². The van der Waals surface area contributed by atoms with Crippen LogP contribution in [-0.4, -0.2) is 24.0 Å². The molecule has 0 bridgehead atoms. The lowest BCUT2D eigenvalue weighted by Gasteiger charge is -2.11. The number of hydrogen-bond acceptors (Lipinski definition) is 3. The van der Waals surface area contributed by atoms with E-state index in [1.165, 1.54) is 12.8 Å². The van der Waals surface area contributed by atoms with E-state index in [4.69, 9.17) is 4.98 Å². The molecular weight excluding hydrogens is 322 g/mol. The predicted octanol–water partition coefficient (Wildman–Crippen LogP) is 4.34. The second-order valence-electron chi connectivity index (χ2n) is 6.79. The van der Waals surface area contributed by atoms with Gasteiger partial charge in [0.15, 0.2) is 0 Å². The Balaban J connectivity index is 1.38. The summed E-state index contributed by atoms with van der Waals surface area (Å²) in [5, 5.41) is 7.34. The first kappa shape index (κ1) is 16.6. The van der Waals surface area contributed by atoms with Gasteiger partial charge in [0.1, 0.15) is 0 Å². The molecule has 1 fully saturated rings. The zero-order valence-electron chi connectivity index (χ0n) is 14.7. The summed E-state index contributed by atoms with van der Waals surface area (Å²) in [7, 11) is 0. The lowest BCUT2D eigenvalue weighted by atomic mass is 10.1. The van der Waals surface area contributed by atoms with E-state index in [0.29, 0.717) is 12.5 Å². The van der Waals surface area contributed by atoms with Crippen molar-refractivity contribution in [1.29, 1.82) is 0 Å². The summed E-state index contributed by atoms with van der Waals surface area (Å²) in [6.45, 7) is 1.47. The molecule has 132 valence electrons. The molecule has 1 heterocycles. The van der Waals surface area contributed by atoms with Gasteiger partial charge in [0.25, 0.3) is 5.91 Å². The summed E-state index contributed by atoms with van der Waals surface area (Å²) in [5.41, 5.74) is 3.81. The second-order valence-corrected chi connectivity index (χ2v) is 6.79. The van der Waals surface area contributed by atoms with E-state index in [1.807, 2.05) is 60.7 Å². The maximum absolute atomic E-state index is 12.7. The van der Waals surface area contributed by atoms with Gasteiger partial charge >= 0.3 is 0 Å². The number of benzene rings is 2. The van der Waals surface area contributed by atoms with E-state index in [9.17, 15) is 4.79 Å². The Morgan fingerprint density at radius 3 is 2.58 bits per heavy atom. The van der Waals surface area contributed by atoms with Crippen LogP contribution >= 0.6 is 0 Å². The Bertz CT molecular complexity index is 904. The summed E-state index contributed by atoms with van der Waals surface area (Å²) in [6, 6.07) is 20.0. The average Bonchev–Trinajstić information content (AvgIpc) is 3.53. The average molecular weight is 345 g/mol. The van der Waals surface area contributed by atoms with Crippen LogP contribution in [0.1, 0.15) is 41.2 Å². The molecule has 0 atom stereocenters. The molecule has 1 aliphatic carbocycles. The molecule has 3 aromatic rings. The highest BCUT2D eigenvalue weighted by molar-refractivity contribution is 6.06. The highest BCUT2D eigenvalue weighted by Crippen LogP contribution is 2.40. The van der Waals surface area contributed by atoms with Crippen LogP contribution in [0.25, 0.3) is 10.9 Å². The van der Waals surface area contributed by atoms with Crippen LogP contribution in [-0.2, 0) is 0 Å². The third kappa shape index (κ3) is 3.85. The Morgan fingerprint density at radius 1 is 1.00 bits per heavy atom. The van der Waals surface area contributed by atoms with Crippen LogP contribution in [0, 0.1) is 0 Å². The van der Waals surface area contributed by atoms with Gasteiger partial charge in [-0.1, -0.05) is 36.4 Å². The number of para-hydroxylation sites is 2. The van der Waals surface area contributed by atoms with E-state index in [-0.39, 0.29) is 5.91 Å². The van der Waals surface area contributed by atoms with Crippen LogP contribution < -0.4 is 10.6 Å². The highest BCUT2D eigenvalue weighted by atomic mass is 16.1. The zero-order valence-corrected chi connectivity index (χ0v) is 14.7. The number of anilines is 1. The van der Waals surface area contributed by atoms with Crippen molar-refractivity contribution >= 4 is 22.5 Å². The molecular formula is C22H23N3O. The van der Waals surface area contributed by atoms with E-state index in [2.05, 4.69) is 10.6 Å². The number of rotatable bonds is 7. The third-order valence-electron chi connectivity index (χ3n) is 4.72. The summed E-state index contributed by atoms with van der Waals surface area (Å²) >= 11 is 0. The molecule has 1 amide bonds. The van der Waals surface area contributed by atoms with Crippen molar-refractivity contribution < 1.29 is 4.79 Å². The van der Waals surface area contributed by atoms with Gasteiger partial charge in [-0.25, -0.2) is 0 Å². The normalized spacial score (nSPS) is 13.5. The van der Waals surface area contributed by atoms with Crippen molar-refractivity contribution in [2.75, 3.05) is 18.4 Å². The number of aromatic nitrogens is 1. The van der Waals surface area contributed by atoms with Gasteiger partial charge in [0, 0.05) is 35.8 Å². The quantitative estimate of drug-likeness (QED) is 0.626. The molecule has 1 aliphatic rings. The smallest absolute Gasteiger partial charge is 0.252 e. The number of carbonyl (C=O) groups is 1. The van der Waals surface area contributed by atoms with Crippen molar-refractivity contribution in [3.05, 3.63) is 71.9 Å². The third-order valence-corrected chi connectivity index (χ3v) is 4.72. The maximum Gasteiger partial charge on any atom is 0.252 e. The van der Waals surface area contributed by atoms with E-state index in [0.717, 1.165) is 40.8 Å². The monoisotopic (exact) mass is 345 g/mol. The highest BCUT2D eigenvalue weighted by Gasteiger charge is 2.26. The standard InChI is InChI=1S/C22H23N3O/c26-22(24-14-6-13-23-17-7-2-1-3-8-17)19-15-21(16-11-12-16)25-20-10-5-4-9-18(19)20/h1-5,7-10,15-16,23H,6,11-14H2,(H,24,26). The van der Waals surface area contributed by atoms with Crippen molar-refractivity contribution in [1.82, 2.24) is 10.3 Å². The van der Waals surface area contributed by atoms with E-state index >= 15 is 0 Å². The molecule has 2 N–H and O–H groups in total. The molecule has 4 heteroatoms. The fraction of sp³-hybridized carbons (Fsp3) is 0.273.